The Morgan fingerprint density at radius 3 is 2.29 bits per heavy atom. The molecule has 0 N–H and O–H groups in total. The normalized spacial score (nSPS) is 18.4. The number of hydrogen-bond acceptors (Lipinski definition) is 3. The summed E-state index contributed by atoms with van der Waals surface area (Å²) in [6.45, 7) is 5.68. The van der Waals surface area contributed by atoms with Gasteiger partial charge in [-0.15, -0.1) is 0 Å². The number of anilines is 1. The van der Waals surface area contributed by atoms with E-state index in [1.165, 1.54) is 4.90 Å². The number of carbonyl (C=O) groups excluding carboxylic acids is 2. The minimum atomic E-state index is -0.268. The number of hydrogen-bond donors (Lipinski definition) is 0. The van der Waals surface area contributed by atoms with Gasteiger partial charge in [-0.2, -0.15) is 0 Å². The molecule has 0 spiro atoms. The molecule has 0 unspecified atom stereocenters. The number of aryl methyl sites for hydroxylation is 1. The van der Waals surface area contributed by atoms with Gasteiger partial charge < -0.3 is 4.90 Å². The van der Waals surface area contributed by atoms with Crippen LogP contribution >= 0.6 is 11.6 Å². The second kappa shape index (κ2) is 7.44. The van der Waals surface area contributed by atoms with E-state index in [0.29, 0.717) is 27.9 Å². The number of benzene rings is 2. The zero-order chi connectivity index (χ0) is 19.8. The molecule has 1 fully saturated rings. The van der Waals surface area contributed by atoms with E-state index in [1.54, 1.807) is 18.2 Å². The highest BCUT2D eigenvalue weighted by molar-refractivity contribution is 6.45. The Labute approximate surface area is 170 Å². The minimum absolute atomic E-state index is 0.246. The van der Waals surface area contributed by atoms with Gasteiger partial charge >= 0.3 is 0 Å². The van der Waals surface area contributed by atoms with Gasteiger partial charge in [0.25, 0.3) is 11.8 Å². The lowest BCUT2D eigenvalue weighted by Gasteiger charge is -2.32. The highest BCUT2D eigenvalue weighted by Crippen LogP contribution is 2.37. The molecule has 2 aromatic rings. The Kier molecular flexibility index (Phi) is 4.98. The zero-order valence-corrected chi connectivity index (χ0v) is 16.9. The molecule has 0 aromatic heterocycles. The molecule has 1 saturated heterocycles. The van der Waals surface area contributed by atoms with Crippen LogP contribution in [0.1, 0.15) is 30.9 Å². The second-order valence-electron chi connectivity index (χ2n) is 7.64. The third kappa shape index (κ3) is 3.22. The Hall–Kier alpha value is -2.59. The number of likely N-dealkylation sites (tertiary alicyclic amines) is 1. The van der Waals surface area contributed by atoms with Crippen LogP contribution in [-0.2, 0) is 9.59 Å². The second-order valence-corrected chi connectivity index (χ2v) is 8.07. The first-order valence-electron chi connectivity index (χ1n) is 9.67. The van der Waals surface area contributed by atoms with E-state index in [4.69, 9.17) is 11.6 Å². The largest absolute Gasteiger partial charge is 0.366 e. The van der Waals surface area contributed by atoms with Crippen molar-refractivity contribution in [3.05, 3.63) is 70.4 Å². The summed E-state index contributed by atoms with van der Waals surface area (Å²) in [6.07, 6.45) is 2.04. The molecule has 0 radical (unpaired) electrons. The van der Waals surface area contributed by atoms with E-state index >= 15 is 0 Å². The predicted octanol–water partition coefficient (Wildman–Crippen LogP) is 4.66. The van der Waals surface area contributed by atoms with Crippen molar-refractivity contribution in [2.75, 3.05) is 18.0 Å². The number of halogens is 1. The fourth-order valence-electron chi connectivity index (χ4n) is 4.00. The molecule has 0 saturated carbocycles. The van der Waals surface area contributed by atoms with Crippen LogP contribution in [0.2, 0.25) is 5.02 Å². The molecule has 144 valence electrons. The van der Waals surface area contributed by atoms with Gasteiger partial charge in [0.2, 0.25) is 0 Å². The van der Waals surface area contributed by atoms with E-state index in [2.05, 4.69) is 11.8 Å². The van der Waals surface area contributed by atoms with Crippen LogP contribution in [-0.4, -0.2) is 29.8 Å². The molecule has 0 atom stereocenters. The molecule has 4 nitrogen and oxygen atoms in total. The van der Waals surface area contributed by atoms with Gasteiger partial charge in [-0.1, -0.05) is 48.9 Å². The highest BCUT2D eigenvalue weighted by Gasteiger charge is 2.43. The summed E-state index contributed by atoms with van der Waals surface area (Å²) >= 11 is 6.08. The van der Waals surface area contributed by atoms with Crippen molar-refractivity contribution in [1.29, 1.82) is 0 Å². The first-order valence-corrected chi connectivity index (χ1v) is 10.0. The lowest BCUT2D eigenvalue weighted by Crippen LogP contribution is -2.38. The van der Waals surface area contributed by atoms with Crippen LogP contribution in [0.5, 0.6) is 0 Å². The fraction of sp³-hybridized carbons (Fsp3) is 0.304. The van der Waals surface area contributed by atoms with Crippen LogP contribution in [0.4, 0.5) is 5.69 Å². The summed E-state index contributed by atoms with van der Waals surface area (Å²) in [5, 5.41) is 0.585. The molecule has 0 bridgehead atoms. The van der Waals surface area contributed by atoms with Gasteiger partial charge in [0.05, 0.1) is 11.3 Å². The average Bonchev–Trinajstić information content (AvgIpc) is 2.94. The third-order valence-electron chi connectivity index (χ3n) is 5.62. The van der Waals surface area contributed by atoms with Crippen LogP contribution in [0.3, 0.4) is 0 Å². The number of piperidine rings is 1. The Balaban J connectivity index is 1.82. The summed E-state index contributed by atoms with van der Waals surface area (Å²) in [6, 6.07) is 14.7. The molecular formula is C23H23ClN2O2. The summed E-state index contributed by atoms with van der Waals surface area (Å²) in [5.74, 6) is 0.123. The molecule has 28 heavy (non-hydrogen) atoms. The maximum absolute atomic E-state index is 13.5. The molecule has 2 amide bonds. The lowest BCUT2D eigenvalue weighted by atomic mass is 9.97. The summed E-state index contributed by atoms with van der Waals surface area (Å²) in [5.41, 5.74) is 3.19. The number of carbonyl (C=O) groups is 2. The van der Waals surface area contributed by atoms with E-state index < -0.39 is 0 Å². The molecule has 4 rings (SSSR count). The van der Waals surface area contributed by atoms with E-state index in [-0.39, 0.29) is 11.8 Å². The van der Waals surface area contributed by atoms with E-state index in [0.717, 1.165) is 37.1 Å². The Morgan fingerprint density at radius 1 is 0.964 bits per heavy atom. The van der Waals surface area contributed by atoms with E-state index in [9.17, 15) is 9.59 Å². The number of amides is 2. The van der Waals surface area contributed by atoms with Crippen LogP contribution in [0.25, 0.3) is 5.57 Å². The molecule has 5 heteroatoms. The minimum Gasteiger partial charge on any atom is -0.366 e. The number of nitrogens with zero attached hydrogens (tertiary/aromatic N) is 2. The monoisotopic (exact) mass is 394 g/mol. The lowest BCUT2D eigenvalue weighted by molar-refractivity contribution is -0.120. The molecule has 0 aliphatic carbocycles. The maximum atomic E-state index is 13.5. The average molecular weight is 395 g/mol. The van der Waals surface area contributed by atoms with Gasteiger partial charge in [0.1, 0.15) is 5.70 Å². The van der Waals surface area contributed by atoms with Gasteiger partial charge in [0.15, 0.2) is 0 Å². The van der Waals surface area contributed by atoms with Crippen LogP contribution in [0.15, 0.2) is 54.2 Å². The topological polar surface area (TPSA) is 40.6 Å². The molecule has 2 aliphatic rings. The molecule has 2 heterocycles. The smallest absolute Gasteiger partial charge is 0.282 e. The van der Waals surface area contributed by atoms with Crippen molar-refractivity contribution >= 4 is 34.7 Å². The molecule has 2 aromatic carbocycles. The van der Waals surface area contributed by atoms with Crippen molar-refractivity contribution in [3.63, 3.8) is 0 Å². The van der Waals surface area contributed by atoms with Gasteiger partial charge in [-0.3, -0.25) is 9.59 Å². The summed E-state index contributed by atoms with van der Waals surface area (Å²) in [4.78, 5) is 30.3. The number of imide groups is 1. The predicted molar refractivity (Wildman–Crippen MR) is 112 cm³/mol. The number of rotatable bonds is 3. The van der Waals surface area contributed by atoms with Crippen molar-refractivity contribution in [2.45, 2.75) is 26.7 Å². The van der Waals surface area contributed by atoms with Gasteiger partial charge in [0, 0.05) is 18.1 Å². The van der Waals surface area contributed by atoms with E-state index in [1.807, 2.05) is 37.3 Å². The third-order valence-corrected chi connectivity index (χ3v) is 5.86. The zero-order valence-electron chi connectivity index (χ0n) is 16.1. The standard InChI is InChI=1S/C23H23ClN2O2/c1-15-10-12-25(13-11-15)21-20(17-6-4-3-5-7-17)22(27)26(23(21)28)19-9-8-18(24)14-16(19)2/h3-9,14-15H,10-13H2,1-2H3. The summed E-state index contributed by atoms with van der Waals surface area (Å²) < 4.78 is 0. The molecular weight excluding hydrogens is 372 g/mol. The quantitative estimate of drug-likeness (QED) is 0.710. The SMILES string of the molecule is Cc1cc(Cl)ccc1N1C(=O)C(c2ccccc2)=C(N2CCC(C)CC2)C1=O. The fourth-order valence-corrected chi connectivity index (χ4v) is 4.22. The van der Waals surface area contributed by atoms with Crippen LogP contribution < -0.4 is 4.90 Å². The van der Waals surface area contributed by atoms with Crippen LogP contribution in [0, 0.1) is 12.8 Å². The van der Waals surface area contributed by atoms with Crippen molar-refractivity contribution in [1.82, 2.24) is 4.90 Å². The highest BCUT2D eigenvalue weighted by atomic mass is 35.5. The van der Waals surface area contributed by atoms with Crippen molar-refractivity contribution in [3.8, 4) is 0 Å². The maximum Gasteiger partial charge on any atom is 0.282 e. The Bertz CT molecular complexity index is 960. The Morgan fingerprint density at radius 2 is 1.64 bits per heavy atom. The van der Waals surface area contributed by atoms with Gasteiger partial charge in [-0.25, -0.2) is 4.90 Å². The molecule has 2 aliphatic heterocycles. The summed E-state index contributed by atoms with van der Waals surface area (Å²) in [7, 11) is 0. The van der Waals surface area contributed by atoms with Crippen molar-refractivity contribution in [2.24, 2.45) is 5.92 Å². The van der Waals surface area contributed by atoms with Gasteiger partial charge in [-0.05, 0) is 55.0 Å². The van der Waals surface area contributed by atoms with Crippen molar-refractivity contribution < 1.29 is 9.59 Å². The first-order chi connectivity index (χ1) is 13.5. The first kappa shape index (κ1) is 18.8.